The first kappa shape index (κ1) is 24.4. The summed E-state index contributed by atoms with van der Waals surface area (Å²) in [6, 6.07) is 7.56. The maximum Gasteiger partial charge on any atom is 0.348 e. The number of thiophene rings is 1. The molecule has 2 rings (SSSR count). The lowest BCUT2D eigenvalue weighted by Crippen LogP contribution is -2.21. The average Bonchev–Trinajstić information content (AvgIpc) is 3.03. The van der Waals surface area contributed by atoms with Crippen molar-refractivity contribution in [3.8, 4) is 5.75 Å². The van der Waals surface area contributed by atoms with E-state index >= 15 is 0 Å². The molecule has 0 saturated carbocycles. The summed E-state index contributed by atoms with van der Waals surface area (Å²) in [7, 11) is 0. The van der Waals surface area contributed by atoms with Gasteiger partial charge in [-0.1, -0.05) is 25.5 Å². The second kappa shape index (κ2) is 11.5. The van der Waals surface area contributed by atoms with Gasteiger partial charge in [0.15, 0.2) is 6.61 Å². The number of carbonyl (C=O) groups is 3. The van der Waals surface area contributed by atoms with Gasteiger partial charge in [0.05, 0.1) is 18.3 Å². The lowest BCUT2D eigenvalue weighted by atomic mass is 10.1. The Kier molecular flexibility index (Phi) is 9.05. The van der Waals surface area contributed by atoms with E-state index in [4.69, 9.17) is 14.2 Å². The molecule has 0 spiro atoms. The molecule has 0 aliphatic heterocycles. The molecular weight excluding hydrogens is 418 g/mol. The van der Waals surface area contributed by atoms with Crippen LogP contribution in [0.3, 0.4) is 0 Å². The molecule has 168 valence electrons. The summed E-state index contributed by atoms with van der Waals surface area (Å²) < 4.78 is 15.9. The van der Waals surface area contributed by atoms with Crippen LogP contribution in [0.25, 0.3) is 0 Å². The largest absolute Gasteiger partial charge is 0.484 e. The molecule has 0 saturated heterocycles. The smallest absolute Gasteiger partial charge is 0.348 e. The summed E-state index contributed by atoms with van der Waals surface area (Å²) >= 11 is 0.985. The SMILES string of the molecule is CCCc1ccc(OCC(=O)Nc2sc(C(=O)OC(C)C)c(C)c2C(=O)OCC)cc1. The van der Waals surface area contributed by atoms with Gasteiger partial charge in [0.2, 0.25) is 0 Å². The molecule has 1 aromatic carbocycles. The van der Waals surface area contributed by atoms with Crippen LogP contribution in [0.2, 0.25) is 0 Å². The Balaban J connectivity index is 2.14. The van der Waals surface area contributed by atoms with Crippen molar-refractivity contribution in [2.45, 2.75) is 53.6 Å². The van der Waals surface area contributed by atoms with Crippen LogP contribution in [-0.2, 0) is 20.7 Å². The number of hydrogen-bond acceptors (Lipinski definition) is 7. The lowest BCUT2D eigenvalue weighted by Gasteiger charge is -2.09. The van der Waals surface area contributed by atoms with E-state index in [9.17, 15) is 14.4 Å². The Hall–Kier alpha value is -2.87. The summed E-state index contributed by atoms with van der Waals surface area (Å²) in [5.74, 6) is -1.04. The normalized spacial score (nSPS) is 10.6. The molecule has 0 bridgehead atoms. The van der Waals surface area contributed by atoms with Crippen LogP contribution in [0.1, 0.15) is 65.3 Å². The fourth-order valence-electron chi connectivity index (χ4n) is 2.87. The maximum atomic E-state index is 12.5. The van der Waals surface area contributed by atoms with Gasteiger partial charge in [-0.05, 0) is 57.4 Å². The summed E-state index contributed by atoms with van der Waals surface area (Å²) in [5.41, 5.74) is 1.77. The number of benzene rings is 1. The summed E-state index contributed by atoms with van der Waals surface area (Å²) in [6.45, 7) is 8.83. The third-order valence-electron chi connectivity index (χ3n) is 4.24. The Morgan fingerprint density at radius 3 is 2.32 bits per heavy atom. The highest BCUT2D eigenvalue weighted by Gasteiger charge is 2.27. The minimum Gasteiger partial charge on any atom is -0.484 e. The molecule has 7 nitrogen and oxygen atoms in total. The summed E-state index contributed by atoms with van der Waals surface area (Å²) in [4.78, 5) is 37.5. The molecule has 31 heavy (non-hydrogen) atoms. The number of aryl methyl sites for hydroxylation is 1. The Morgan fingerprint density at radius 2 is 1.74 bits per heavy atom. The topological polar surface area (TPSA) is 90.9 Å². The predicted octanol–water partition coefficient (Wildman–Crippen LogP) is 4.77. The Morgan fingerprint density at radius 1 is 1.06 bits per heavy atom. The zero-order valence-corrected chi connectivity index (χ0v) is 19.4. The molecule has 0 unspecified atom stereocenters. The van der Waals surface area contributed by atoms with E-state index in [1.165, 1.54) is 5.56 Å². The van der Waals surface area contributed by atoms with Gasteiger partial charge in [0.1, 0.15) is 15.6 Å². The van der Waals surface area contributed by atoms with Crippen molar-refractivity contribution in [3.63, 3.8) is 0 Å². The van der Waals surface area contributed by atoms with Crippen LogP contribution < -0.4 is 10.1 Å². The second-order valence-electron chi connectivity index (χ2n) is 7.17. The number of rotatable bonds is 10. The number of hydrogen-bond donors (Lipinski definition) is 1. The van der Waals surface area contributed by atoms with Crippen molar-refractivity contribution in [1.29, 1.82) is 0 Å². The number of carbonyl (C=O) groups excluding carboxylic acids is 3. The molecule has 1 amide bonds. The maximum absolute atomic E-state index is 12.5. The highest BCUT2D eigenvalue weighted by molar-refractivity contribution is 7.18. The van der Waals surface area contributed by atoms with E-state index in [1.54, 1.807) is 27.7 Å². The van der Waals surface area contributed by atoms with Gasteiger partial charge in [0.25, 0.3) is 5.91 Å². The van der Waals surface area contributed by atoms with E-state index in [1.807, 2.05) is 24.3 Å². The molecule has 0 radical (unpaired) electrons. The zero-order valence-electron chi connectivity index (χ0n) is 18.6. The van der Waals surface area contributed by atoms with Crippen LogP contribution >= 0.6 is 11.3 Å². The van der Waals surface area contributed by atoms with Gasteiger partial charge >= 0.3 is 11.9 Å². The van der Waals surface area contributed by atoms with Crippen molar-refractivity contribution >= 4 is 34.2 Å². The van der Waals surface area contributed by atoms with E-state index in [2.05, 4.69) is 12.2 Å². The van der Waals surface area contributed by atoms with E-state index in [-0.39, 0.29) is 34.8 Å². The van der Waals surface area contributed by atoms with Crippen LogP contribution in [0.5, 0.6) is 5.75 Å². The number of ether oxygens (including phenoxy) is 3. The number of amides is 1. The molecule has 0 fully saturated rings. The third-order valence-corrected chi connectivity index (χ3v) is 5.43. The highest BCUT2D eigenvalue weighted by Crippen LogP contribution is 2.34. The Bertz CT molecular complexity index is 917. The number of anilines is 1. The van der Waals surface area contributed by atoms with Gasteiger partial charge in [-0.2, -0.15) is 0 Å². The Labute approximate surface area is 186 Å². The summed E-state index contributed by atoms with van der Waals surface area (Å²) in [5, 5.41) is 2.90. The van der Waals surface area contributed by atoms with Gasteiger partial charge < -0.3 is 19.5 Å². The molecule has 1 aromatic heterocycles. The van der Waals surface area contributed by atoms with Crippen molar-refractivity contribution < 1.29 is 28.6 Å². The quantitative estimate of drug-likeness (QED) is 0.528. The lowest BCUT2D eigenvalue weighted by molar-refractivity contribution is -0.118. The van der Waals surface area contributed by atoms with E-state index in [0.717, 1.165) is 24.2 Å². The fraction of sp³-hybridized carbons (Fsp3) is 0.435. The van der Waals surface area contributed by atoms with Crippen LogP contribution in [0, 0.1) is 6.92 Å². The van der Waals surface area contributed by atoms with Crippen LogP contribution in [0.4, 0.5) is 5.00 Å². The first-order valence-electron chi connectivity index (χ1n) is 10.3. The molecule has 0 atom stereocenters. The van der Waals surface area contributed by atoms with Crippen molar-refractivity contribution in [1.82, 2.24) is 0 Å². The summed E-state index contributed by atoms with van der Waals surface area (Å²) in [6.07, 6.45) is 1.73. The highest BCUT2D eigenvalue weighted by atomic mass is 32.1. The van der Waals surface area contributed by atoms with Gasteiger partial charge in [-0.25, -0.2) is 9.59 Å². The minimum absolute atomic E-state index is 0.153. The molecule has 1 heterocycles. The predicted molar refractivity (Wildman–Crippen MR) is 120 cm³/mol. The van der Waals surface area contributed by atoms with Crippen LogP contribution in [-0.4, -0.2) is 37.2 Å². The van der Waals surface area contributed by atoms with E-state index < -0.39 is 17.8 Å². The third kappa shape index (κ3) is 6.82. The zero-order chi connectivity index (χ0) is 23.0. The first-order valence-corrected chi connectivity index (χ1v) is 11.1. The van der Waals surface area contributed by atoms with Gasteiger partial charge in [-0.3, -0.25) is 4.79 Å². The second-order valence-corrected chi connectivity index (χ2v) is 8.19. The number of nitrogens with one attached hydrogen (secondary N) is 1. The monoisotopic (exact) mass is 447 g/mol. The fourth-order valence-corrected chi connectivity index (χ4v) is 3.96. The van der Waals surface area contributed by atoms with Gasteiger partial charge in [0, 0.05) is 0 Å². The first-order chi connectivity index (χ1) is 14.8. The minimum atomic E-state index is -0.609. The molecule has 8 heteroatoms. The van der Waals surface area contributed by atoms with Crippen molar-refractivity contribution in [3.05, 3.63) is 45.8 Å². The van der Waals surface area contributed by atoms with Crippen molar-refractivity contribution in [2.75, 3.05) is 18.5 Å². The molecule has 0 aliphatic carbocycles. The van der Waals surface area contributed by atoms with E-state index in [0.29, 0.717) is 11.3 Å². The van der Waals surface area contributed by atoms with Crippen LogP contribution in [0.15, 0.2) is 24.3 Å². The molecular formula is C23H29NO6S. The molecule has 2 aromatic rings. The number of esters is 2. The standard InChI is InChI=1S/C23H29NO6S/c1-6-8-16-9-11-17(12-10-16)29-13-18(25)24-21-19(22(26)28-7-2)15(5)20(31-21)23(27)30-14(3)4/h9-12,14H,6-8,13H2,1-5H3,(H,24,25). The molecule has 1 N–H and O–H groups in total. The van der Waals surface area contributed by atoms with Gasteiger partial charge in [-0.15, -0.1) is 11.3 Å². The van der Waals surface area contributed by atoms with Crippen molar-refractivity contribution in [2.24, 2.45) is 0 Å². The molecule has 0 aliphatic rings. The average molecular weight is 448 g/mol.